The lowest BCUT2D eigenvalue weighted by Crippen LogP contribution is -2.22. The van der Waals surface area contributed by atoms with Gasteiger partial charge in [0.1, 0.15) is 5.65 Å². The molecule has 0 radical (unpaired) electrons. The highest BCUT2D eigenvalue weighted by Gasteiger charge is 2.17. The van der Waals surface area contributed by atoms with Gasteiger partial charge in [-0.15, -0.1) is 0 Å². The Labute approximate surface area is 149 Å². The van der Waals surface area contributed by atoms with Crippen molar-refractivity contribution < 1.29 is 5.11 Å². The van der Waals surface area contributed by atoms with Crippen molar-refractivity contribution in [3.63, 3.8) is 0 Å². The van der Waals surface area contributed by atoms with E-state index in [1.165, 1.54) is 0 Å². The van der Waals surface area contributed by atoms with Gasteiger partial charge in [0.05, 0.1) is 17.6 Å². The summed E-state index contributed by atoms with van der Waals surface area (Å²) in [5.74, 6) is 0. The second kappa shape index (κ2) is 5.41. The molecule has 0 atom stereocenters. The first-order valence-electron chi connectivity index (χ1n) is 8.61. The van der Waals surface area contributed by atoms with Gasteiger partial charge in [-0.3, -0.25) is 9.20 Å². The Balaban J connectivity index is 2.01. The van der Waals surface area contributed by atoms with E-state index in [9.17, 15) is 9.90 Å². The number of para-hydroxylation sites is 2. The summed E-state index contributed by atoms with van der Waals surface area (Å²) < 4.78 is 1.71. The molecule has 5 heteroatoms. The maximum Gasteiger partial charge on any atom is 0.264 e. The van der Waals surface area contributed by atoms with E-state index in [1.54, 1.807) is 4.40 Å². The quantitative estimate of drug-likeness (QED) is 0.547. The number of benzene rings is 3. The molecule has 2 aromatic heterocycles. The second-order valence-electron chi connectivity index (χ2n) is 6.57. The van der Waals surface area contributed by atoms with E-state index in [4.69, 9.17) is 4.98 Å². The fraction of sp³-hybridized carbons (Fsp3) is 0.143. The Morgan fingerprint density at radius 2 is 1.81 bits per heavy atom. The van der Waals surface area contributed by atoms with Crippen LogP contribution in [0.1, 0.15) is 0 Å². The molecule has 5 rings (SSSR count). The van der Waals surface area contributed by atoms with Gasteiger partial charge in [0, 0.05) is 40.8 Å². The van der Waals surface area contributed by atoms with Gasteiger partial charge in [-0.2, -0.15) is 0 Å². The lowest BCUT2D eigenvalue weighted by molar-refractivity contribution is 0.304. The van der Waals surface area contributed by atoms with Crippen LogP contribution in [0.15, 0.2) is 59.4 Å². The van der Waals surface area contributed by atoms with Crippen LogP contribution in [0, 0.1) is 0 Å². The maximum absolute atomic E-state index is 13.2. The Hall–Kier alpha value is -3.18. The van der Waals surface area contributed by atoms with Gasteiger partial charge in [0.2, 0.25) is 0 Å². The number of aliphatic hydroxyl groups is 1. The first kappa shape index (κ1) is 15.1. The maximum atomic E-state index is 13.2. The van der Waals surface area contributed by atoms with Gasteiger partial charge >= 0.3 is 0 Å². The van der Waals surface area contributed by atoms with Gasteiger partial charge in [0.25, 0.3) is 5.56 Å². The van der Waals surface area contributed by atoms with Gasteiger partial charge in [-0.25, -0.2) is 4.98 Å². The summed E-state index contributed by atoms with van der Waals surface area (Å²) in [6, 6.07) is 17.6. The summed E-state index contributed by atoms with van der Waals surface area (Å²) in [7, 11) is 1.94. The molecule has 0 aliphatic heterocycles. The zero-order valence-corrected chi connectivity index (χ0v) is 14.3. The first-order chi connectivity index (χ1) is 12.7. The molecular weight excluding hydrogens is 326 g/mol. The minimum atomic E-state index is -0.0474. The van der Waals surface area contributed by atoms with Crippen molar-refractivity contribution in [2.24, 2.45) is 0 Å². The molecule has 3 aromatic carbocycles. The van der Waals surface area contributed by atoms with Gasteiger partial charge in [-0.05, 0) is 24.3 Å². The summed E-state index contributed by atoms with van der Waals surface area (Å²) in [6.45, 7) is 0.610. The molecule has 26 heavy (non-hydrogen) atoms. The first-order valence-corrected chi connectivity index (χ1v) is 8.61. The Kier molecular flexibility index (Phi) is 3.14. The van der Waals surface area contributed by atoms with Crippen molar-refractivity contribution >= 4 is 43.9 Å². The monoisotopic (exact) mass is 343 g/mol. The third-order valence-corrected chi connectivity index (χ3v) is 5.10. The van der Waals surface area contributed by atoms with Crippen LogP contribution in [0.25, 0.3) is 38.2 Å². The largest absolute Gasteiger partial charge is 0.395 e. The standard InChI is InChI=1S/C21H17N3O2/c1-23(11-12-25)17-10-9-15-19-13(17)5-4-6-14(19)20-22-16-7-2-3-8-18(16)24(20)21(15)26/h2-10,25H,11-12H2,1H3. The predicted molar refractivity (Wildman–Crippen MR) is 106 cm³/mol. The Morgan fingerprint density at radius 3 is 2.65 bits per heavy atom. The molecule has 0 spiro atoms. The lowest BCUT2D eigenvalue weighted by atomic mass is 10.0. The molecule has 0 aliphatic rings. The van der Waals surface area contributed by atoms with Crippen LogP contribution in [-0.4, -0.2) is 34.7 Å². The number of aromatic nitrogens is 2. The molecule has 0 saturated heterocycles. The van der Waals surface area contributed by atoms with E-state index in [1.807, 2.05) is 66.5 Å². The minimum Gasteiger partial charge on any atom is -0.395 e. The fourth-order valence-corrected chi connectivity index (χ4v) is 3.89. The molecule has 0 aliphatic carbocycles. The van der Waals surface area contributed by atoms with Crippen LogP contribution in [0.3, 0.4) is 0 Å². The van der Waals surface area contributed by atoms with E-state index in [2.05, 4.69) is 0 Å². The summed E-state index contributed by atoms with van der Waals surface area (Å²) in [4.78, 5) is 20.0. The Morgan fingerprint density at radius 1 is 1.00 bits per heavy atom. The van der Waals surface area contributed by atoms with Crippen LogP contribution in [0.4, 0.5) is 5.69 Å². The molecule has 1 N–H and O–H groups in total. The number of likely N-dealkylation sites (N-methyl/N-ethyl adjacent to an activating group) is 1. The van der Waals surface area contributed by atoms with E-state index < -0.39 is 0 Å². The summed E-state index contributed by atoms with van der Waals surface area (Å²) in [6.07, 6.45) is 0. The highest BCUT2D eigenvalue weighted by molar-refractivity contribution is 6.18. The van der Waals surface area contributed by atoms with E-state index in [-0.39, 0.29) is 12.2 Å². The highest BCUT2D eigenvalue weighted by atomic mass is 16.3. The van der Waals surface area contributed by atoms with Crippen LogP contribution >= 0.6 is 0 Å². The summed E-state index contributed by atoms with van der Waals surface area (Å²) in [5, 5.41) is 12.9. The van der Waals surface area contributed by atoms with E-state index >= 15 is 0 Å². The number of rotatable bonds is 3. The molecule has 0 bridgehead atoms. The molecule has 2 heterocycles. The summed E-state index contributed by atoms with van der Waals surface area (Å²) >= 11 is 0. The van der Waals surface area contributed by atoms with E-state index in [0.717, 1.165) is 32.9 Å². The number of pyridine rings is 1. The number of hydrogen-bond donors (Lipinski definition) is 1. The number of hydrogen-bond acceptors (Lipinski definition) is 4. The number of aliphatic hydroxyl groups excluding tert-OH is 1. The third-order valence-electron chi connectivity index (χ3n) is 5.10. The fourth-order valence-electron chi connectivity index (χ4n) is 3.89. The minimum absolute atomic E-state index is 0.0474. The SMILES string of the molecule is CN(CCO)c1ccc2c(=O)n3c4ccccc4nc3c3cccc1c23. The third kappa shape index (κ3) is 1.89. The average molecular weight is 343 g/mol. The van der Waals surface area contributed by atoms with Crippen molar-refractivity contribution in [1.29, 1.82) is 0 Å². The Bertz CT molecular complexity index is 1340. The van der Waals surface area contributed by atoms with Gasteiger partial charge in [0.15, 0.2) is 0 Å². The van der Waals surface area contributed by atoms with Crippen molar-refractivity contribution in [3.8, 4) is 0 Å². The molecule has 0 unspecified atom stereocenters. The number of imidazole rings is 1. The zero-order chi connectivity index (χ0) is 17.8. The molecule has 5 aromatic rings. The number of fused-ring (bicyclic) bond motifs is 4. The molecule has 0 amide bonds. The van der Waals surface area contributed by atoms with E-state index in [0.29, 0.717) is 17.6 Å². The molecule has 0 fully saturated rings. The van der Waals surface area contributed by atoms with Gasteiger partial charge in [-0.1, -0.05) is 30.3 Å². The molecule has 5 nitrogen and oxygen atoms in total. The number of anilines is 1. The van der Waals surface area contributed by atoms with Crippen LogP contribution < -0.4 is 10.5 Å². The summed E-state index contributed by atoms with van der Waals surface area (Å²) in [5.41, 5.74) is 3.29. The smallest absolute Gasteiger partial charge is 0.264 e. The van der Waals surface area contributed by atoms with Crippen molar-refractivity contribution in [2.75, 3.05) is 25.1 Å². The zero-order valence-electron chi connectivity index (χ0n) is 14.3. The van der Waals surface area contributed by atoms with Crippen LogP contribution in [0.5, 0.6) is 0 Å². The van der Waals surface area contributed by atoms with Crippen molar-refractivity contribution in [2.45, 2.75) is 0 Å². The highest BCUT2D eigenvalue weighted by Crippen LogP contribution is 2.34. The molecular formula is C21H17N3O2. The molecule has 128 valence electrons. The lowest BCUT2D eigenvalue weighted by Gasteiger charge is -2.21. The number of nitrogens with zero attached hydrogens (tertiary/aromatic N) is 3. The normalized spacial score (nSPS) is 11.9. The topological polar surface area (TPSA) is 57.8 Å². The van der Waals surface area contributed by atoms with Gasteiger partial charge < -0.3 is 10.0 Å². The van der Waals surface area contributed by atoms with Crippen LogP contribution in [0.2, 0.25) is 0 Å². The molecule has 0 saturated carbocycles. The van der Waals surface area contributed by atoms with Crippen molar-refractivity contribution in [3.05, 3.63) is 65.0 Å². The van der Waals surface area contributed by atoms with Crippen LogP contribution in [-0.2, 0) is 0 Å². The predicted octanol–water partition coefficient (Wildman–Crippen LogP) is 3.02. The van der Waals surface area contributed by atoms with Crippen molar-refractivity contribution in [1.82, 2.24) is 9.38 Å². The second-order valence-corrected chi connectivity index (χ2v) is 6.57. The average Bonchev–Trinajstić information content (AvgIpc) is 3.05.